The Morgan fingerprint density at radius 1 is 1.10 bits per heavy atom. The van der Waals surface area contributed by atoms with E-state index >= 15 is 0 Å². The van der Waals surface area contributed by atoms with Crippen molar-refractivity contribution in [2.75, 3.05) is 6.54 Å². The Balaban J connectivity index is 1.46. The van der Waals surface area contributed by atoms with E-state index in [4.69, 9.17) is 0 Å². The van der Waals surface area contributed by atoms with Crippen LogP contribution in [0, 0.1) is 16.0 Å². The highest BCUT2D eigenvalue weighted by Gasteiger charge is 2.34. The minimum Gasteiger partial charge on any atom is -0.338 e. The van der Waals surface area contributed by atoms with Crippen LogP contribution < -0.4 is 10.9 Å². The van der Waals surface area contributed by atoms with Gasteiger partial charge in [-0.2, -0.15) is 0 Å². The summed E-state index contributed by atoms with van der Waals surface area (Å²) in [5.74, 6) is -1.65. The van der Waals surface area contributed by atoms with Crippen molar-refractivity contribution in [1.29, 1.82) is 0 Å². The number of hydrogen-bond donors (Lipinski definition) is 2. The Labute approximate surface area is 172 Å². The molecule has 1 aliphatic heterocycles. The van der Waals surface area contributed by atoms with E-state index in [2.05, 4.69) is 10.9 Å². The van der Waals surface area contributed by atoms with Gasteiger partial charge < -0.3 is 4.90 Å². The van der Waals surface area contributed by atoms with E-state index in [0.717, 1.165) is 5.56 Å². The highest BCUT2D eigenvalue weighted by atomic mass is 16.6. The molecule has 1 atom stereocenters. The van der Waals surface area contributed by atoms with Crippen molar-refractivity contribution >= 4 is 29.5 Å². The first-order valence-corrected chi connectivity index (χ1v) is 9.26. The Kier molecular flexibility index (Phi) is 6.53. The number of nitro groups is 1. The van der Waals surface area contributed by atoms with Crippen LogP contribution >= 0.6 is 0 Å². The molecular formula is C21H20N4O5. The molecule has 1 unspecified atom stereocenters. The molecule has 0 aliphatic carbocycles. The lowest BCUT2D eigenvalue weighted by Crippen LogP contribution is -2.44. The van der Waals surface area contributed by atoms with Crippen molar-refractivity contribution in [2.45, 2.75) is 13.0 Å². The van der Waals surface area contributed by atoms with Crippen LogP contribution in [0.1, 0.15) is 17.5 Å². The van der Waals surface area contributed by atoms with Crippen molar-refractivity contribution < 1.29 is 19.3 Å². The van der Waals surface area contributed by atoms with Crippen LogP contribution in [0.5, 0.6) is 0 Å². The summed E-state index contributed by atoms with van der Waals surface area (Å²) in [5.41, 5.74) is 6.14. The maximum Gasteiger partial charge on any atom is 0.269 e. The van der Waals surface area contributed by atoms with Gasteiger partial charge in [0, 0.05) is 37.7 Å². The molecule has 0 saturated carbocycles. The zero-order chi connectivity index (χ0) is 21.5. The van der Waals surface area contributed by atoms with Gasteiger partial charge in [0.05, 0.1) is 10.8 Å². The molecule has 2 N–H and O–H groups in total. The Hall–Kier alpha value is -4.01. The number of nitro benzene ring substituents is 1. The van der Waals surface area contributed by atoms with Crippen molar-refractivity contribution in [2.24, 2.45) is 5.92 Å². The lowest BCUT2D eigenvalue weighted by atomic mass is 10.1. The molecule has 2 aromatic carbocycles. The minimum atomic E-state index is -0.563. The number of nitrogens with zero attached hydrogens (tertiary/aromatic N) is 2. The lowest BCUT2D eigenvalue weighted by Gasteiger charge is -2.16. The van der Waals surface area contributed by atoms with Gasteiger partial charge in [0.2, 0.25) is 11.8 Å². The third-order valence-corrected chi connectivity index (χ3v) is 4.64. The summed E-state index contributed by atoms with van der Waals surface area (Å²) in [7, 11) is 0. The van der Waals surface area contributed by atoms with E-state index in [1.165, 1.54) is 36.4 Å². The van der Waals surface area contributed by atoms with Crippen molar-refractivity contribution in [3.05, 3.63) is 81.9 Å². The van der Waals surface area contributed by atoms with Crippen LogP contribution in [0.15, 0.2) is 60.7 Å². The average molecular weight is 408 g/mol. The van der Waals surface area contributed by atoms with E-state index in [1.807, 2.05) is 30.3 Å². The molecule has 3 rings (SSSR count). The average Bonchev–Trinajstić information content (AvgIpc) is 3.11. The first-order valence-electron chi connectivity index (χ1n) is 9.26. The minimum absolute atomic E-state index is 0.0451. The number of non-ortho nitro benzene ring substituents is 1. The topological polar surface area (TPSA) is 122 Å². The fraction of sp³-hybridized carbons (Fsp3) is 0.190. The third-order valence-electron chi connectivity index (χ3n) is 4.64. The van der Waals surface area contributed by atoms with E-state index in [1.54, 1.807) is 4.90 Å². The number of carbonyl (C=O) groups excluding carboxylic acids is 3. The highest BCUT2D eigenvalue weighted by molar-refractivity contribution is 5.94. The zero-order valence-electron chi connectivity index (χ0n) is 16.0. The van der Waals surface area contributed by atoms with Crippen LogP contribution in [0.4, 0.5) is 5.69 Å². The number of nitrogens with one attached hydrogen (secondary N) is 2. The van der Waals surface area contributed by atoms with E-state index in [9.17, 15) is 24.5 Å². The summed E-state index contributed by atoms with van der Waals surface area (Å²) in [6.45, 7) is 0.724. The molecule has 1 aliphatic rings. The SMILES string of the molecule is O=C(/C=C/c1ccc([N+](=O)[O-])cc1)NNC(=O)C1CC(=O)N(Cc2ccccc2)C1. The summed E-state index contributed by atoms with van der Waals surface area (Å²) in [6.07, 6.45) is 2.75. The number of rotatable bonds is 6. The molecule has 1 heterocycles. The van der Waals surface area contributed by atoms with Gasteiger partial charge in [-0.3, -0.25) is 35.3 Å². The Bertz CT molecular complexity index is 973. The van der Waals surface area contributed by atoms with Crippen LogP contribution in [0.25, 0.3) is 6.08 Å². The molecule has 154 valence electrons. The number of likely N-dealkylation sites (tertiary alicyclic amines) is 1. The van der Waals surface area contributed by atoms with Crippen LogP contribution in [-0.4, -0.2) is 34.1 Å². The summed E-state index contributed by atoms with van der Waals surface area (Å²) >= 11 is 0. The quantitative estimate of drug-likeness (QED) is 0.429. The first kappa shape index (κ1) is 20.7. The highest BCUT2D eigenvalue weighted by Crippen LogP contribution is 2.20. The Morgan fingerprint density at radius 3 is 2.47 bits per heavy atom. The largest absolute Gasteiger partial charge is 0.338 e. The monoisotopic (exact) mass is 408 g/mol. The van der Waals surface area contributed by atoms with E-state index in [-0.39, 0.29) is 24.6 Å². The molecular weight excluding hydrogens is 388 g/mol. The van der Waals surface area contributed by atoms with E-state index < -0.39 is 22.7 Å². The molecule has 0 aromatic heterocycles. The molecule has 0 spiro atoms. The van der Waals surface area contributed by atoms with Gasteiger partial charge >= 0.3 is 0 Å². The molecule has 1 saturated heterocycles. The lowest BCUT2D eigenvalue weighted by molar-refractivity contribution is -0.384. The first-order chi connectivity index (χ1) is 14.4. The number of amides is 3. The van der Waals surface area contributed by atoms with Crippen LogP contribution in [0.2, 0.25) is 0 Å². The molecule has 0 radical (unpaired) electrons. The molecule has 9 nitrogen and oxygen atoms in total. The standard InChI is InChI=1S/C21H20N4O5/c26-19(11-8-15-6-9-18(10-7-15)25(29)30)22-23-21(28)17-12-20(27)24(14-17)13-16-4-2-1-3-5-16/h1-11,17H,12-14H2,(H,22,26)(H,23,28)/b11-8+. The van der Waals surface area contributed by atoms with Gasteiger partial charge in [0.1, 0.15) is 0 Å². The molecule has 3 amide bonds. The maximum atomic E-state index is 12.3. The predicted molar refractivity (Wildman–Crippen MR) is 108 cm³/mol. The van der Waals surface area contributed by atoms with Crippen molar-refractivity contribution in [3.8, 4) is 0 Å². The van der Waals surface area contributed by atoms with Crippen LogP contribution in [0.3, 0.4) is 0 Å². The second kappa shape index (κ2) is 9.46. The number of benzene rings is 2. The molecule has 1 fully saturated rings. The Morgan fingerprint density at radius 2 is 1.80 bits per heavy atom. The summed E-state index contributed by atoms with van der Waals surface area (Å²) in [4.78, 5) is 48.1. The van der Waals surface area contributed by atoms with Gasteiger partial charge in [-0.05, 0) is 29.3 Å². The molecule has 30 heavy (non-hydrogen) atoms. The maximum absolute atomic E-state index is 12.3. The van der Waals surface area contributed by atoms with Crippen molar-refractivity contribution in [1.82, 2.24) is 15.8 Å². The summed E-state index contributed by atoms with van der Waals surface area (Å²) < 4.78 is 0. The van der Waals surface area contributed by atoms with Gasteiger partial charge in [-0.1, -0.05) is 30.3 Å². The van der Waals surface area contributed by atoms with Crippen LogP contribution in [-0.2, 0) is 20.9 Å². The summed E-state index contributed by atoms with van der Waals surface area (Å²) in [5, 5.41) is 10.6. The summed E-state index contributed by atoms with van der Waals surface area (Å²) in [6, 6.07) is 15.2. The van der Waals surface area contributed by atoms with Gasteiger partial charge in [0.25, 0.3) is 11.6 Å². The third kappa shape index (κ3) is 5.51. The smallest absolute Gasteiger partial charge is 0.269 e. The normalized spacial score (nSPS) is 15.9. The number of hydrogen-bond acceptors (Lipinski definition) is 5. The number of hydrazine groups is 1. The van der Waals surface area contributed by atoms with Gasteiger partial charge in [0.15, 0.2) is 0 Å². The van der Waals surface area contributed by atoms with Crippen molar-refractivity contribution in [3.63, 3.8) is 0 Å². The molecule has 2 aromatic rings. The second-order valence-electron chi connectivity index (χ2n) is 6.82. The zero-order valence-corrected chi connectivity index (χ0v) is 16.0. The predicted octanol–water partition coefficient (Wildman–Crippen LogP) is 1.80. The molecule has 0 bridgehead atoms. The fourth-order valence-electron chi connectivity index (χ4n) is 3.05. The number of carbonyl (C=O) groups is 3. The van der Waals surface area contributed by atoms with Gasteiger partial charge in [-0.15, -0.1) is 0 Å². The molecule has 9 heteroatoms. The second-order valence-corrected chi connectivity index (χ2v) is 6.82. The fourth-order valence-corrected chi connectivity index (χ4v) is 3.05. The van der Waals surface area contributed by atoms with Gasteiger partial charge in [-0.25, -0.2) is 0 Å². The van der Waals surface area contributed by atoms with E-state index in [0.29, 0.717) is 12.1 Å².